The second kappa shape index (κ2) is 5.21. The van der Waals surface area contributed by atoms with Crippen molar-refractivity contribution in [2.24, 2.45) is 11.8 Å². The molecule has 6 heteroatoms. The molecule has 2 N–H and O–H groups in total. The highest BCUT2D eigenvalue weighted by Crippen LogP contribution is 2.30. The van der Waals surface area contributed by atoms with Crippen LogP contribution in [0, 0.1) is 11.8 Å². The minimum atomic E-state index is -4.40. The summed E-state index contributed by atoms with van der Waals surface area (Å²) < 4.78 is 37.6. The van der Waals surface area contributed by atoms with Gasteiger partial charge in [0.25, 0.3) is 0 Å². The van der Waals surface area contributed by atoms with Crippen LogP contribution in [0.5, 0.6) is 0 Å². The molecule has 2 rings (SSSR count). The minimum Gasteiger partial charge on any atom is -0.326 e. The number of carbonyl (C=O) groups excluding carboxylic acids is 1. The summed E-state index contributed by atoms with van der Waals surface area (Å²) in [6.07, 6.45) is -4.40. The van der Waals surface area contributed by atoms with E-state index in [1.165, 1.54) is 12.1 Å². The molecule has 1 heterocycles. The number of carbonyl (C=O) groups is 1. The molecule has 0 spiro atoms. The van der Waals surface area contributed by atoms with E-state index in [2.05, 4.69) is 10.6 Å². The number of benzene rings is 1. The number of alkyl halides is 3. The lowest BCUT2D eigenvalue weighted by Crippen LogP contribution is -2.48. The molecule has 1 aliphatic rings. The molecule has 1 saturated heterocycles. The van der Waals surface area contributed by atoms with Crippen molar-refractivity contribution in [1.29, 1.82) is 0 Å². The third kappa shape index (κ3) is 3.26. The lowest BCUT2D eigenvalue weighted by Gasteiger charge is -2.31. The molecule has 0 saturated carbocycles. The topological polar surface area (TPSA) is 41.1 Å². The van der Waals surface area contributed by atoms with Crippen molar-refractivity contribution >= 4 is 11.6 Å². The molecule has 0 radical (unpaired) electrons. The first-order chi connectivity index (χ1) is 8.88. The number of halogens is 3. The van der Waals surface area contributed by atoms with E-state index >= 15 is 0 Å². The summed E-state index contributed by atoms with van der Waals surface area (Å²) >= 11 is 0. The Balaban J connectivity index is 2.04. The van der Waals surface area contributed by atoms with Crippen LogP contribution in [0.25, 0.3) is 0 Å². The van der Waals surface area contributed by atoms with Crippen molar-refractivity contribution in [3.63, 3.8) is 0 Å². The standard InChI is InChI=1S/C13H15F3N2O/c1-8(9-6-17-7-9)12(19)18-11-4-2-3-10(5-11)13(14,15)16/h2-5,8-9,17H,6-7H2,1H3,(H,18,19). The van der Waals surface area contributed by atoms with Crippen LogP contribution in [0.4, 0.5) is 18.9 Å². The Kier molecular flexibility index (Phi) is 3.80. The zero-order valence-corrected chi connectivity index (χ0v) is 10.4. The van der Waals surface area contributed by atoms with Crippen molar-refractivity contribution in [3.05, 3.63) is 29.8 Å². The van der Waals surface area contributed by atoms with E-state index in [9.17, 15) is 18.0 Å². The van der Waals surface area contributed by atoms with Crippen molar-refractivity contribution < 1.29 is 18.0 Å². The van der Waals surface area contributed by atoms with Crippen molar-refractivity contribution in [2.45, 2.75) is 13.1 Å². The molecule has 0 aromatic heterocycles. The molecule has 104 valence electrons. The fourth-order valence-electron chi connectivity index (χ4n) is 1.91. The van der Waals surface area contributed by atoms with Gasteiger partial charge >= 0.3 is 6.18 Å². The molecule has 0 aliphatic carbocycles. The summed E-state index contributed by atoms with van der Waals surface area (Å²) in [5.41, 5.74) is -0.581. The van der Waals surface area contributed by atoms with Crippen molar-refractivity contribution in [2.75, 3.05) is 18.4 Å². The van der Waals surface area contributed by atoms with Crippen LogP contribution in [0.1, 0.15) is 12.5 Å². The SMILES string of the molecule is CC(C(=O)Nc1cccc(C(F)(F)F)c1)C1CNC1. The summed E-state index contributed by atoms with van der Waals surface area (Å²) in [6.45, 7) is 3.34. The quantitative estimate of drug-likeness (QED) is 0.887. The highest BCUT2D eigenvalue weighted by atomic mass is 19.4. The van der Waals surface area contributed by atoms with Gasteiger partial charge in [0.05, 0.1) is 5.56 Å². The maximum Gasteiger partial charge on any atom is 0.416 e. The van der Waals surface area contributed by atoms with Gasteiger partial charge in [-0.05, 0) is 37.2 Å². The largest absolute Gasteiger partial charge is 0.416 e. The summed E-state index contributed by atoms with van der Waals surface area (Å²) in [7, 11) is 0. The highest BCUT2D eigenvalue weighted by molar-refractivity contribution is 5.92. The van der Waals surface area contributed by atoms with Gasteiger partial charge in [0, 0.05) is 11.6 Å². The third-order valence-corrected chi connectivity index (χ3v) is 3.39. The highest BCUT2D eigenvalue weighted by Gasteiger charge is 2.31. The number of rotatable bonds is 3. The van der Waals surface area contributed by atoms with E-state index in [-0.39, 0.29) is 23.4 Å². The monoisotopic (exact) mass is 272 g/mol. The van der Waals surface area contributed by atoms with E-state index < -0.39 is 11.7 Å². The molecule has 3 nitrogen and oxygen atoms in total. The molecular formula is C13H15F3N2O. The van der Waals surface area contributed by atoms with E-state index in [0.29, 0.717) is 0 Å². The molecule has 1 fully saturated rings. The zero-order chi connectivity index (χ0) is 14.0. The van der Waals surface area contributed by atoms with Gasteiger partial charge in [-0.15, -0.1) is 0 Å². The molecule has 1 aliphatic heterocycles. The van der Waals surface area contributed by atoms with Gasteiger partial charge in [-0.25, -0.2) is 0 Å². The summed E-state index contributed by atoms with van der Waals surface area (Å²) in [5, 5.41) is 5.60. The molecule has 1 amide bonds. The summed E-state index contributed by atoms with van der Waals surface area (Å²) in [6, 6.07) is 4.67. The van der Waals surface area contributed by atoms with E-state index in [4.69, 9.17) is 0 Å². The van der Waals surface area contributed by atoms with Gasteiger partial charge in [0.1, 0.15) is 0 Å². The molecule has 1 atom stereocenters. The number of amides is 1. The molecule has 1 unspecified atom stereocenters. The van der Waals surface area contributed by atoms with E-state index in [1.54, 1.807) is 6.92 Å². The van der Waals surface area contributed by atoms with Crippen molar-refractivity contribution in [1.82, 2.24) is 5.32 Å². The Hall–Kier alpha value is -1.56. The molecule has 1 aromatic rings. The first kappa shape index (κ1) is 13.9. The lowest BCUT2D eigenvalue weighted by molar-refractivity contribution is -0.137. The predicted octanol–water partition coefficient (Wildman–Crippen LogP) is 2.50. The Bertz CT molecular complexity index is 469. The third-order valence-electron chi connectivity index (χ3n) is 3.39. The van der Waals surface area contributed by atoms with Gasteiger partial charge in [0.2, 0.25) is 5.91 Å². The Morgan fingerprint density at radius 2 is 2.11 bits per heavy atom. The Labute approximate surface area is 109 Å². The normalized spacial score (nSPS) is 17.7. The van der Waals surface area contributed by atoms with Crippen LogP contribution in [0.2, 0.25) is 0 Å². The van der Waals surface area contributed by atoms with Crippen LogP contribution in [-0.2, 0) is 11.0 Å². The van der Waals surface area contributed by atoms with Crippen LogP contribution >= 0.6 is 0 Å². The van der Waals surface area contributed by atoms with Crippen LogP contribution in [0.3, 0.4) is 0 Å². The second-order valence-corrected chi connectivity index (χ2v) is 4.77. The molecule has 19 heavy (non-hydrogen) atoms. The van der Waals surface area contributed by atoms with Gasteiger partial charge in [-0.2, -0.15) is 13.2 Å². The molecule has 0 bridgehead atoms. The fraction of sp³-hybridized carbons (Fsp3) is 0.462. The first-order valence-corrected chi connectivity index (χ1v) is 6.07. The van der Waals surface area contributed by atoms with Crippen LogP contribution in [-0.4, -0.2) is 19.0 Å². The summed E-state index contributed by atoms with van der Waals surface area (Å²) in [5.74, 6) is -0.201. The number of anilines is 1. The van der Waals surface area contributed by atoms with Gasteiger partial charge in [-0.1, -0.05) is 13.0 Å². The number of hydrogen-bond donors (Lipinski definition) is 2. The number of hydrogen-bond acceptors (Lipinski definition) is 2. The summed E-state index contributed by atoms with van der Waals surface area (Å²) in [4.78, 5) is 11.9. The predicted molar refractivity (Wildman–Crippen MR) is 65.6 cm³/mol. The minimum absolute atomic E-state index is 0.180. The van der Waals surface area contributed by atoms with E-state index in [1.807, 2.05) is 0 Å². The Morgan fingerprint density at radius 1 is 1.42 bits per heavy atom. The zero-order valence-electron chi connectivity index (χ0n) is 10.4. The average molecular weight is 272 g/mol. The number of nitrogens with one attached hydrogen (secondary N) is 2. The maximum atomic E-state index is 12.5. The molecular weight excluding hydrogens is 257 g/mol. The second-order valence-electron chi connectivity index (χ2n) is 4.77. The van der Waals surface area contributed by atoms with Crippen LogP contribution in [0.15, 0.2) is 24.3 Å². The average Bonchev–Trinajstić information content (AvgIpc) is 2.25. The first-order valence-electron chi connectivity index (χ1n) is 6.07. The smallest absolute Gasteiger partial charge is 0.326 e. The van der Waals surface area contributed by atoms with Gasteiger partial charge in [0.15, 0.2) is 0 Å². The lowest BCUT2D eigenvalue weighted by atomic mass is 9.88. The molecule has 1 aromatic carbocycles. The van der Waals surface area contributed by atoms with Gasteiger partial charge in [-0.3, -0.25) is 4.79 Å². The maximum absolute atomic E-state index is 12.5. The van der Waals surface area contributed by atoms with Crippen LogP contribution < -0.4 is 10.6 Å². The van der Waals surface area contributed by atoms with Gasteiger partial charge < -0.3 is 10.6 Å². The van der Waals surface area contributed by atoms with E-state index in [0.717, 1.165) is 25.2 Å². The van der Waals surface area contributed by atoms with Crippen molar-refractivity contribution in [3.8, 4) is 0 Å². The fourth-order valence-corrected chi connectivity index (χ4v) is 1.91. The Morgan fingerprint density at radius 3 is 2.63 bits per heavy atom.